The highest BCUT2D eigenvalue weighted by Gasteiger charge is 2.21. The van der Waals surface area contributed by atoms with Gasteiger partial charge in [-0.3, -0.25) is 9.10 Å². The van der Waals surface area contributed by atoms with Gasteiger partial charge in [-0.2, -0.15) is 0 Å². The fraction of sp³-hybridized carbons (Fsp3) is 0.278. The Morgan fingerprint density at radius 3 is 2.24 bits per heavy atom. The Kier molecular flexibility index (Phi) is 6.03. The maximum atomic E-state index is 12.3. The number of hydrogen-bond donors (Lipinski definition) is 1. The highest BCUT2D eigenvalue weighted by molar-refractivity contribution is 7.92. The van der Waals surface area contributed by atoms with E-state index in [4.69, 9.17) is 4.74 Å². The quantitative estimate of drug-likeness (QED) is 0.820. The number of ether oxygens (including phenoxy) is 1. The standard InChI is InChI=1S/C18H22N2O4S/c1-14(15-7-5-4-6-8-15)19-18(21)13-20(25(3,22)23)16-9-11-17(24-2)12-10-16/h4-12,14H,13H2,1-3H3,(H,19,21). The van der Waals surface area contributed by atoms with E-state index in [0.29, 0.717) is 11.4 Å². The van der Waals surface area contributed by atoms with E-state index in [1.54, 1.807) is 24.3 Å². The first kappa shape index (κ1) is 18.8. The molecule has 7 heteroatoms. The molecular weight excluding hydrogens is 340 g/mol. The van der Waals surface area contributed by atoms with Gasteiger partial charge >= 0.3 is 0 Å². The summed E-state index contributed by atoms with van der Waals surface area (Å²) in [5.41, 5.74) is 1.36. The van der Waals surface area contributed by atoms with Crippen LogP contribution in [0.25, 0.3) is 0 Å². The van der Waals surface area contributed by atoms with Crippen molar-refractivity contribution in [1.29, 1.82) is 0 Å². The number of anilines is 1. The number of hydrogen-bond acceptors (Lipinski definition) is 4. The molecule has 1 unspecified atom stereocenters. The van der Waals surface area contributed by atoms with Crippen LogP contribution in [0.2, 0.25) is 0 Å². The predicted molar refractivity (Wildman–Crippen MR) is 98.2 cm³/mol. The van der Waals surface area contributed by atoms with Crippen LogP contribution in [0.15, 0.2) is 54.6 Å². The van der Waals surface area contributed by atoms with E-state index >= 15 is 0 Å². The van der Waals surface area contributed by atoms with E-state index in [0.717, 1.165) is 16.1 Å². The highest BCUT2D eigenvalue weighted by Crippen LogP contribution is 2.21. The number of sulfonamides is 1. The molecule has 2 rings (SSSR count). The fourth-order valence-electron chi connectivity index (χ4n) is 2.39. The van der Waals surface area contributed by atoms with Gasteiger partial charge in [-0.1, -0.05) is 30.3 Å². The molecule has 0 heterocycles. The molecule has 1 atom stereocenters. The zero-order chi connectivity index (χ0) is 18.4. The van der Waals surface area contributed by atoms with Gasteiger partial charge in [0, 0.05) is 0 Å². The van der Waals surface area contributed by atoms with Gasteiger partial charge in [0.15, 0.2) is 0 Å². The van der Waals surface area contributed by atoms with Crippen LogP contribution in [0.4, 0.5) is 5.69 Å². The van der Waals surface area contributed by atoms with Gasteiger partial charge < -0.3 is 10.1 Å². The van der Waals surface area contributed by atoms with Crippen molar-refractivity contribution < 1.29 is 17.9 Å². The zero-order valence-corrected chi connectivity index (χ0v) is 15.3. The van der Waals surface area contributed by atoms with Crippen LogP contribution in [0.1, 0.15) is 18.5 Å². The monoisotopic (exact) mass is 362 g/mol. The lowest BCUT2D eigenvalue weighted by Crippen LogP contribution is -2.41. The van der Waals surface area contributed by atoms with E-state index < -0.39 is 10.0 Å². The van der Waals surface area contributed by atoms with E-state index in [1.165, 1.54) is 7.11 Å². The van der Waals surface area contributed by atoms with Gasteiger partial charge in [0.1, 0.15) is 12.3 Å². The number of amides is 1. The Balaban J connectivity index is 2.12. The molecule has 0 radical (unpaired) electrons. The van der Waals surface area contributed by atoms with Crippen LogP contribution in [-0.2, 0) is 14.8 Å². The minimum atomic E-state index is -3.60. The average Bonchev–Trinajstić information content (AvgIpc) is 2.59. The first-order valence-corrected chi connectivity index (χ1v) is 9.62. The number of nitrogens with one attached hydrogen (secondary N) is 1. The molecule has 0 fully saturated rings. The third kappa shape index (κ3) is 5.22. The molecular formula is C18H22N2O4S. The zero-order valence-electron chi connectivity index (χ0n) is 14.5. The molecule has 0 aromatic heterocycles. The number of carbonyl (C=O) groups is 1. The molecule has 25 heavy (non-hydrogen) atoms. The summed E-state index contributed by atoms with van der Waals surface area (Å²) in [7, 11) is -2.07. The third-order valence-corrected chi connectivity index (χ3v) is 4.87. The number of rotatable bonds is 7. The Morgan fingerprint density at radius 1 is 1.12 bits per heavy atom. The van der Waals surface area contributed by atoms with Crippen LogP contribution >= 0.6 is 0 Å². The van der Waals surface area contributed by atoms with E-state index in [2.05, 4.69) is 5.32 Å². The lowest BCUT2D eigenvalue weighted by atomic mass is 10.1. The van der Waals surface area contributed by atoms with Gasteiger partial charge in [0.05, 0.1) is 25.1 Å². The molecule has 134 valence electrons. The number of benzene rings is 2. The lowest BCUT2D eigenvalue weighted by Gasteiger charge is -2.23. The number of methoxy groups -OCH3 is 1. The minimum absolute atomic E-state index is 0.217. The smallest absolute Gasteiger partial charge is 0.241 e. The first-order valence-electron chi connectivity index (χ1n) is 7.77. The van der Waals surface area contributed by atoms with Crippen molar-refractivity contribution in [3.05, 3.63) is 60.2 Å². The molecule has 0 aliphatic rings. The van der Waals surface area contributed by atoms with Gasteiger partial charge in [0.2, 0.25) is 15.9 Å². The summed E-state index contributed by atoms with van der Waals surface area (Å²) in [5, 5.41) is 2.82. The van der Waals surface area contributed by atoms with Crippen molar-refractivity contribution in [2.75, 3.05) is 24.2 Å². The molecule has 1 N–H and O–H groups in total. The molecule has 0 spiro atoms. The second-order valence-electron chi connectivity index (χ2n) is 5.67. The Bertz CT molecular complexity index is 805. The molecule has 0 saturated heterocycles. The fourth-order valence-corrected chi connectivity index (χ4v) is 3.25. The van der Waals surface area contributed by atoms with E-state index in [-0.39, 0.29) is 18.5 Å². The lowest BCUT2D eigenvalue weighted by molar-refractivity contribution is -0.120. The summed E-state index contributed by atoms with van der Waals surface area (Å²) in [6.45, 7) is 1.56. The average molecular weight is 362 g/mol. The summed E-state index contributed by atoms with van der Waals surface area (Å²) >= 11 is 0. The molecule has 1 amide bonds. The maximum Gasteiger partial charge on any atom is 0.241 e. The summed E-state index contributed by atoms with van der Waals surface area (Å²) in [5.74, 6) is 0.233. The van der Waals surface area contributed by atoms with Crippen molar-refractivity contribution >= 4 is 21.6 Å². The van der Waals surface area contributed by atoms with Crippen molar-refractivity contribution in [3.8, 4) is 5.75 Å². The van der Waals surface area contributed by atoms with Crippen molar-refractivity contribution in [2.45, 2.75) is 13.0 Å². The largest absolute Gasteiger partial charge is 0.497 e. The van der Waals surface area contributed by atoms with Gasteiger partial charge in [-0.05, 0) is 36.8 Å². The van der Waals surface area contributed by atoms with Crippen LogP contribution in [0.3, 0.4) is 0 Å². The van der Waals surface area contributed by atoms with Crippen LogP contribution < -0.4 is 14.4 Å². The first-order chi connectivity index (χ1) is 11.8. The summed E-state index contributed by atoms with van der Waals surface area (Å²) in [6.07, 6.45) is 1.07. The molecule has 2 aromatic rings. The Hall–Kier alpha value is -2.54. The molecule has 0 aliphatic heterocycles. The van der Waals surface area contributed by atoms with E-state index in [1.807, 2.05) is 37.3 Å². The second-order valence-corrected chi connectivity index (χ2v) is 7.57. The number of nitrogens with zero attached hydrogens (tertiary/aromatic N) is 1. The van der Waals surface area contributed by atoms with E-state index in [9.17, 15) is 13.2 Å². The summed E-state index contributed by atoms with van der Waals surface area (Å²) in [4.78, 5) is 12.3. The third-order valence-electron chi connectivity index (χ3n) is 3.73. The second kappa shape index (κ2) is 8.02. The van der Waals surface area contributed by atoms with Crippen molar-refractivity contribution in [3.63, 3.8) is 0 Å². The van der Waals surface area contributed by atoms with Gasteiger partial charge in [-0.25, -0.2) is 8.42 Å². The van der Waals surface area contributed by atoms with Crippen molar-refractivity contribution in [1.82, 2.24) is 5.32 Å². The molecule has 0 bridgehead atoms. The maximum absolute atomic E-state index is 12.3. The van der Waals surface area contributed by atoms with Gasteiger partial charge in [-0.15, -0.1) is 0 Å². The summed E-state index contributed by atoms with van der Waals surface area (Å²) in [6, 6.07) is 15.8. The topological polar surface area (TPSA) is 75.7 Å². The molecule has 0 saturated carbocycles. The molecule has 6 nitrogen and oxygen atoms in total. The van der Waals surface area contributed by atoms with Crippen molar-refractivity contribution in [2.24, 2.45) is 0 Å². The molecule has 0 aliphatic carbocycles. The van der Waals surface area contributed by atoms with Crippen LogP contribution in [-0.4, -0.2) is 34.2 Å². The number of carbonyl (C=O) groups excluding carboxylic acids is 1. The SMILES string of the molecule is COc1ccc(N(CC(=O)NC(C)c2ccccc2)S(C)(=O)=O)cc1. The van der Waals surface area contributed by atoms with Gasteiger partial charge in [0.25, 0.3) is 0 Å². The predicted octanol–water partition coefficient (Wildman–Crippen LogP) is 2.34. The highest BCUT2D eigenvalue weighted by atomic mass is 32.2. The van der Waals surface area contributed by atoms with Crippen LogP contribution in [0.5, 0.6) is 5.75 Å². The molecule has 2 aromatic carbocycles. The van der Waals surface area contributed by atoms with Crippen LogP contribution in [0, 0.1) is 0 Å². The normalized spacial score (nSPS) is 12.3. The Labute approximate surface area is 148 Å². The summed E-state index contributed by atoms with van der Waals surface area (Å²) < 4.78 is 30.3. The minimum Gasteiger partial charge on any atom is -0.497 e. The Morgan fingerprint density at radius 2 is 1.72 bits per heavy atom.